The molecule has 92 valence electrons. The highest BCUT2D eigenvalue weighted by Gasteiger charge is 2.33. The summed E-state index contributed by atoms with van der Waals surface area (Å²) in [4.78, 5) is 2.72. The minimum absolute atomic E-state index is 0.820. The van der Waals surface area contributed by atoms with E-state index < -0.39 is 0 Å². The first-order chi connectivity index (χ1) is 7.83. The van der Waals surface area contributed by atoms with Crippen molar-refractivity contribution in [3.8, 4) is 0 Å². The van der Waals surface area contributed by atoms with Gasteiger partial charge < -0.3 is 10.2 Å². The Kier molecular flexibility index (Phi) is 3.21. The molecular formula is C14H26N2. The van der Waals surface area contributed by atoms with E-state index in [9.17, 15) is 0 Å². The molecule has 0 spiro atoms. The fraction of sp³-hybridized carbons (Fsp3) is 1.00. The molecule has 2 atom stereocenters. The summed E-state index contributed by atoms with van der Waals surface area (Å²) in [5.74, 6) is 0.918. The summed E-state index contributed by atoms with van der Waals surface area (Å²) in [7, 11) is 0. The zero-order chi connectivity index (χ0) is 11.0. The SMILES string of the molecule is CC1CCCC1NC1CCN(C2CC2)CC1. The highest BCUT2D eigenvalue weighted by Crippen LogP contribution is 2.30. The van der Waals surface area contributed by atoms with Crippen molar-refractivity contribution in [3.63, 3.8) is 0 Å². The summed E-state index contributed by atoms with van der Waals surface area (Å²) < 4.78 is 0. The van der Waals surface area contributed by atoms with E-state index in [1.54, 1.807) is 0 Å². The van der Waals surface area contributed by atoms with Gasteiger partial charge in [-0.2, -0.15) is 0 Å². The van der Waals surface area contributed by atoms with Gasteiger partial charge in [0.25, 0.3) is 0 Å². The Labute approximate surface area is 99.8 Å². The summed E-state index contributed by atoms with van der Waals surface area (Å²) in [6.45, 7) is 5.12. The van der Waals surface area contributed by atoms with Crippen LogP contribution in [-0.2, 0) is 0 Å². The van der Waals surface area contributed by atoms with E-state index >= 15 is 0 Å². The van der Waals surface area contributed by atoms with E-state index in [0.29, 0.717) is 0 Å². The molecule has 3 aliphatic rings. The zero-order valence-corrected chi connectivity index (χ0v) is 10.6. The largest absolute Gasteiger partial charge is 0.311 e. The van der Waals surface area contributed by atoms with Gasteiger partial charge in [0.1, 0.15) is 0 Å². The van der Waals surface area contributed by atoms with Crippen LogP contribution in [-0.4, -0.2) is 36.1 Å². The van der Waals surface area contributed by atoms with Crippen molar-refractivity contribution >= 4 is 0 Å². The molecule has 3 fully saturated rings. The van der Waals surface area contributed by atoms with Gasteiger partial charge in [-0.15, -0.1) is 0 Å². The second-order valence-corrected chi connectivity index (χ2v) is 6.22. The van der Waals surface area contributed by atoms with E-state index in [-0.39, 0.29) is 0 Å². The van der Waals surface area contributed by atoms with Crippen LogP contribution in [0.25, 0.3) is 0 Å². The van der Waals surface area contributed by atoms with Gasteiger partial charge in [0, 0.05) is 18.1 Å². The van der Waals surface area contributed by atoms with E-state index in [1.165, 1.54) is 58.0 Å². The summed E-state index contributed by atoms with van der Waals surface area (Å²) in [5, 5.41) is 3.92. The van der Waals surface area contributed by atoms with Crippen molar-refractivity contribution in [1.82, 2.24) is 10.2 Å². The van der Waals surface area contributed by atoms with Crippen LogP contribution < -0.4 is 5.32 Å². The maximum Gasteiger partial charge on any atom is 0.00964 e. The monoisotopic (exact) mass is 222 g/mol. The Hall–Kier alpha value is -0.0800. The van der Waals surface area contributed by atoms with Crippen LogP contribution in [0.5, 0.6) is 0 Å². The number of rotatable bonds is 3. The molecule has 1 N–H and O–H groups in total. The smallest absolute Gasteiger partial charge is 0.00964 e. The molecule has 2 aliphatic carbocycles. The van der Waals surface area contributed by atoms with Gasteiger partial charge >= 0.3 is 0 Å². The van der Waals surface area contributed by atoms with Crippen LogP contribution in [0.15, 0.2) is 0 Å². The van der Waals surface area contributed by atoms with Gasteiger partial charge in [-0.05, 0) is 57.5 Å². The molecule has 0 aromatic heterocycles. The van der Waals surface area contributed by atoms with Crippen LogP contribution in [0.2, 0.25) is 0 Å². The average Bonchev–Trinajstić information content (AvgIpc) is 3.07. The first-order valence-electron chi connectivity index (χ1n) is 7.33. The number of likely N-dealkylation sites (tertiary alicyclic amines) is 1. The van der Waals surface area contributed by atoms with Gasteiger partial charge in [0.15, 0.2) is 0 Å². The Morgan fingerprint density at radius 1 is 0.938 bits per heavy atom. The first-order valence-corrected chi connectivity index (χ1v) is 7.33. The molecule has 1 heterocycles. The Morgan fingerprint density at radius 3 is 2.25 bits per heavy atom. The predicted octanol–water partition coefficient (Wildman–Crippen LogP) is 2.39. The third-order valence-corrected chi connectivity index (χ3v) is 4.90. The molecular weight excluding hydrogens is 196 g/mol. The zero-order valence-electron chi connectivity index (χ0n) is 10.6. The molecule has 2 nitrogen and oxygen atoms in total. The van der Waals surface area contributed by atoms with Crippen LogP contribution in [0.4, 0.5) is 0 Å². The first kappa shape index (κ1) is 11.0. The standard InChI is InChI=1S/C14H26N2/c1-11-3-2-4-14(11)15-12-7-9-16(10-8-12)13-5-6-13/h11-15H,2-10H2,1H3. The van der Waals surface area contributed by atoms with Crippen molar-refractivity contribution in [1.29, 1.82) is 0 Å². The minimum Gasteiger partial charge on any atom is -0.311 e. The molecule has 0 bridgehead atoms. The van der Waals surface area contributed by atoms with Crippen molar-refractivity contribution in [2.24, 2.45) is 5.92 Å². The van der Waals surface area contributed by atoms with Crippen molar-refractivity contribution < 1.29 is 0 Å². The molecule has 2 unspecified atom stereocenters. The molecule has 0 aromatic rings. The minimum atomic E-state index is 0.820. The van der Waals surface area contributed by atoms with Crippen LogP contribution in [0.1, 0.15) is 51.9 Å². The topological polar surface area (TPSA) is 15.3 Å². The molecule has 0 radical (unpaired) electrons. The number of nitrogens with zero attached hydrogens (tertiary/aromatic N) is 1. The number of nitrogens with one attached hydrogen (secondary N) is 1. The van der Waals surface area contributed by atoms with Crippen LogP contribution in [0.3, 0.4) is 0 Å². The van der Waals surface area contributed by atoms with Crippen molar-refractivity contribution in [2.75, 3.05) is 13.1 Å². The molecule has 0 amide bonds. The van der Waals surface area contributed by atoms with Crippen LogP contribution in [0, 0.1) is 5.92 Å². The van der Waals surface area contributed by atoms with Crippen LogP contribution >= 0.6 is 0 Å². The second kappa shape index (κ2) is 4.66. The molecule has 1 saturated heterocycles. The third-order valence-electron chi connectivity index (χ3n) is 4.90. The van der Waals surface area contributed by atoms with E-state index in [2.05, 4.69) is 17.1 Å². The predicted molar refractivity (Wildman–Crippen MR) is 67.6 cm³/mol. The molecule has 3 rings (SSSR count). The molecule has 2 heteroatoms. The molecule has 0 aromatic carbocycles. The van der Waals surface area contributed by atoms with E-state index in [1.807, 2.05) is 0 Å². The lowest BCUT2D eigenvalue weighted by Crippen LogP contribution is -2.47. The van der Waals surface area contributed by atoms with Crippen molar-refractivity contribution in [3.05, 3.63) is 0 Å². The lowest BCUT2D eigenvalue weighted by Gasteiger charge is -2.34. The van der Waals surface area contributed by atoms with Gasteiger partial charge in [0.05, 0.1) is 0 Å². The third kappa shape index (κ3) is 2.43. The highest BCUT2D eigenvalue weighted by molar-refractivity contribution is 4.91. The fourth-order valence-electron chi connectivity index (χ4n) is 3.57. The van der Waals surface area contributed by atoms with Gasteiger partial charge in [0.2, 0.25) is 0 Å². The van der Waals surface area contributed by atoms with Gasteiger partial charge in [-0.1, -0.05) is 13.3 Å². The Bertz CT molecular complexity index is 229. The summed E-state index contributed by atoms with van der Waals surface area (Å²) in [6.07, 6.45) is 10.0. The Balaban J connectivity index is 1.43. The fourth-order valence-corrected chi connectivity index (χ4v) is 3.57. The maximum absolute atomic E-state index is 3.92. The second-order valence-electron chi connectivity index (χ2n) is 6.22. The highest BCUT2D eigenvalue weighted by atomic mass is 15.2. The average molecular weight is 222 g/mol. The normalized spacial score (nSPS) is 38.1. The Morgan fingerprint density at radius 2 is 1.69 bits per heavy atom. The number of piperidine rings is 1. The number of hydrogen-bond donors (Lipinski definition) is 1. The van der Waals surface area contributed by atoms with Gasteiger partial charge in [-0.3, -0.25) is 0 Å². The lowest BCUT2D eigenvalue weighted by atomic mass is 10.0. The van der Waals surface area contributed by atoms with Crippen molar-refractivity contribution in [2.45, 2.75) is 70.0 Å². The quantitative estimate of drug-likeness (QED) is 0.789. The summed E-state index contributed by atoms with van der Waals surface area (Å²) in [5.41, 5.74) is 0. The summed E-state index contributed by atoms with van der Waals surface area (Å²) in [6, 6.07) is 2.63. The summed E-state index contributed by atoms with van der Waals surface area (Å²) >= 11 is 0. The van der Waals surface area contributed by atoms with E-state index in [4.69, 9.17) is 0 Å². The number of hydrogen-bond acceptors (Lipinski definition) is 2. The maximum atomic E-state index is 3.92. The van der Waals surface area contributed by atoms with Gasteiger partial charge in [-0.25, -0.2) is 0 Å². The van der Waals surface area contributed by atoms with E-state index in [0.717, 1.165) is 24.0 Å². The molecule has 2 saturated carbocycles. The lowest BCUT2D eigenvalue weighted by molar-refractivity contribution is 0.179. The molecule has 1 aliphatic heterocycles. The molecule has 16 heavy (non-hydrogen) atoms.